The van der Waals surface area contributed by atoms with E-state index >= 15 is 0 Å². The molecular formula is C8H10BrF3N2. The van der Waals surface area contributed by atoms with Gasteiger partial charge in [0.15, 0.2) is 0 Å². The van der Waals surface area contributed by atoms with Gasteiger partial charge in [-0.2, -0.15) is 18.3 Å². The van der Waals surface area contributed by atoms with Crippen LogP contribution in [0.1, 0.15) is 26.3 Å². The van der Waals surface area contributed by atoms with Crippen molar-refractivity contribution in [3.63, 3.8) is 0 Å². The highest BCUT2D eigenvalue weighted by molar-refractivity contribution is 9.10. The maximum absolute atomic E-state index is 12.4. The summed E-state index contributed by atoms with van der Waals surface area (Å²) in [7, 11) is 0. The summed E-state index contributed by atoms with van der Waals surface area (Å²) >= 11 is 2.79. The summed E-state index contributed by atoms with van der Waals surface area (Å²) in [5, 5.41) is 3.76. The first-order chi connectivity index (χ1) is 6.12. The van der Waals surface area contributed by atoms with Crippen LogP contribution in [0.25, 0.3) is 0 Å². The maximum atomic E-state index is 12.4. The van der Waals surface area contributed by atoms with Crippen molar-refractivity contribution < 1.29 is 13.2 Å². The molecule has 0 aliphatic heterocycles. The highest BCUT2D eigenvalue weighted by Gasteiger charge is 2.36. The summed E-state index contributed by atoms with van der Waals surface area (Å²) in [4.78, 5) is 0. The lowest BCUT2D eigenvalue weighted by atomic mass is 10.1. The van der Waals surface area contributed by atoms with Crippen LogP contribution in [0.5, 0.6) is 0 Å². The standard InChI is InChI=1S/C8H10BrF3N2/c1-7(2,3)14-4-5(6(9)13-14)8(10,11)12/h4H,1-3H3. The van der Waals surface area contributed by atoms with Crippen LogP contribution in [0.4, 0.5) is 13.2 Å². The molecule has 0 atom stereocenters. The first kappa shape index (κ1) is 11.6. The van der Waals surface area contributed by atoms with Crippen molar-refractivity contribution in [1.82, 2.24) is 9.78 Å². The molecule has 1 aromatic heterocycles. The number of halogens is 4. The largest absolute Gasteiger partial charge is 0.420 e. The van der Waals surface area contributed by atoms with Gasteiger partial charge in [-0.25, -0.2) is 0 Å². The number of nitrogens with zero attached hydrogens (tertiary/aromatic N) is 2. The zero-order chi connectivity index (χ0) is 11.1. The molecule has 1 rings (SSSR count). The lowest BCUT2D eigenvalue weighted by molar-refractivity contribution is -0.138. The lowest BCUT2D eigenvalue weighted by Gasteiger charge is -2.18. The zero-order valence-electron chi connectivity index (χ0n) is 7.98. The van der Waals surface area contributed by atoms with Crippen LogP contribution in [-0.2, 0) is 11.7 Å². The second kappa shape index (κ2) is 3.25. The van der Waals surface area contributed by atoms with Crippen molar-refractivity contribution in [2.45, 2.75) is 32.5 Å². The van der Waals surface area contributed by atoms with Crippen molar-refractivity contribution in [1.29, 1.82) is 0 Å². The SMILES string of the molecule is CC(C)(C)n1cc(C(F)(F)F)c(Br)n1. The van der Waals surface area contributed by atoms with Gasteiger partial charge in [0.1, 0.15) is 10.2 Å². The van der Waals surface area contributed by atoms with Gasteiger partial charge in [-0.05, 0) is 36.7 Å². The molecule has 0 bridgehead atoms. The van der Waals surface area contributed by atoms with Crippen molar-refractivity contribution in [2.75, 3.05) is 0 Å². The molecular weight excluding hydrogens is 261 g/mol. The van der Waals surface area contributed by atoms with E-state index in [4.69, 9.17) is 0 Å². The predicted octanol–water partition coefficient (Wildman–Crippen LogP) is 3.42. The van der Waals surface area contributed by atoms with Gasteiger partial charge in [0.2, 0.25) is 0 Å². The van der Waals surface area contributed by atoms with E-state index in [0.29, 0.717) is 0 Å². The molecule has 0 aromatic carbocycles. The molecule has 80 valence electrons. The van der Waals surface area contributed by atoms with Crippen LogP contribution in [0.15, 0.2) is 10.8 Å². The van der Waals surface area contributed by atoms with Crippen molar-refractivity contribution in [3.05, 3.63) is 16.4 Å². The Bertz CT molecular complexity index is 335. The lowest BCUT2D eigenvalue weighted by Crippen LogP contribution is -2.22. The topological polar surface area (TPSA) is 17.8 Å². The third-order valence-electron chi connectivity index (χ3n) is 1.66. The molecule has 0 unspecified atom stereocenters. The summed E-state index contributed by atoms with van der Waals surface area (Å²) < 4.78 is 38.2. The highest BCUT2D eigenvalue weighted by atomic mass is 79.9. The highest BCUT2D eigenvalue weighted by Crippen LogP contribution is 2.35. The number of rotatable bonds is 0. The molecule has 14 heavy (non-hydrogen) atoms. The molecule has 2 nitrogen and oxygen atoms in total. The summed E-state index contributed by atoms with van der Waals surface area (Å²) in [6.07, 6.45) is -3.35. The van der Waals surface area contributed by atoms with Crippen molar-refractivity contribution in [2.24, 2.45) is 0 Å². The van der Waals surface area contributed by atoms with Gasteiger partial charge in [0, 0.05) is 6.20 Å². The van der Waals surface area contributed by atoms with Gasteiger partial charge in [-0.15, -0.1) is 0 Å². The fraction of sp³-hybridized carbons (Fsp3) is 0.625. The van der Waals surface area contributed by atoms with Gasteiger partial charge in [-0.3, -0.25) is 4.68 Å². The van der Waals surface area contributed by atoms with E-state index in [1.54, 1.807) is 20.8 Å². The molecule has 6 heteroatoms. The molecule has 0 aliphatic carbocycles. The Morgan fingerprint density at radius 2 is 1.79 bits per heavy atom. The molecule has 0 amide bonds. The first-order valence-corrected chi connectivity index (χ1v) is 4.74. The van der Waals surface area contributed by atoms with E-state index in [9.17, 15) is 13.2 Å². The Hall–Kier alpha value is -0.520. The quantitative estimate of drug-likeness (QED) is 0.707. The monoisotopic (exact) mass is 270 g/mol. The molecule has 0 N–H and O–H groups in total. The van der Waals surface area contributed by atoms with Gasteiger partial charge in [-0.1, -0.05) is 0 Å². The smallest absolute Gasteiger partial charge is 0.266 e. The number of hydrogen-bond acceptors (Lipinski definition) is 1. The number of aromatic nitrogens is 2. The minimum atomic E-state index is -4.36. The molecule has 0 spiro atoms. The van der Waals surface area contributed by atoms with E-state index in [1.807, 2.05) is 0 Å². The van der Waals surface area contributed by atoms with Crippen LogP contribution in [0, 0.1) is 0 Å². The Labute approximate surface area is 88.2 Å². The zero-order valence-corrected chi connectivity index (χ0v) is 9.57. The van der Waals surface area contributed by atoms with Crippen LogP contribution < -0.4 is 0 Å². The summed E-state index contributed by atoms with van der Waals surface area (Å²) in [5.74, 6) is 0. The van der Waals surface area contributed by atoms with Crippen molar-refractivity contribution in [3.8, 4) is 0 Å². The van der Waals surface area contributed by atoms with E-state index in [2.05, 4.69) is 21.0 Å². The second-order valence-corrected chi connectivity index (χ2v) is 4.70. The van der Waals surface area contributed by atoms with Gasteiger partial charge in [0.05, 0.1) is 5.54 Å². The summed E-state index contributed by atoms with van der Waals surface area (Å²) in [5.41, 5.74) is -1.20. The second-order valence-electron chi connectivity index (χ2n) is 3.95. The average Bonchev–Trinajstić information content (AvgIpc) is 2.27. The average molecular weight is 271 g/mol. The Balaban J connectivity index is 3.19. The van der Waals surface area contributed by atoms with Crippen molar-refractivity contribution >= 4 is 15.9 Å². The molecule has 0 saturated carbocycles. The molecule has 0 saturated heterocycles. The van der Waals surface area contributed by atoms with Crippen LogP contribution in [-0.4, -0.2) is 9.78 Å². The number of hydrogen-bond donors (Lipinski definition) is 0. The molecule has 1 aromatic rings. The van der Waals surface area contributed by atoms with Gasteiger partial charge < -0.3 is 0 Å². The van der Waals surface area contributed by atoms with Gasteiger partial charge in [0.25, 0.3) is 0 Å². The minimum absolute atomic E-state index is 0.167. The fourth-order valence-electron chi connectivity index (χ4n) is 0.887. The maximum Gasteiger partial charge on any atom is 0.420 e. The third-order valence-corrected chi connectivity index (χ3v) is 2.25. The minimum Gasteiger partial charge on any atom is -0.266 e. The summed E-state index contributed by atoms with van der Waals surface area (Å²) in [6.45, 7) is 5.35. The van der Waals surface area contributed by atoms with Crippen LogP contribution in [0.2, 0.25) is 0 Å². The molecule has 0 fully saturated rings. The fourth-order valence-corrected chi connectivity index (χ4v) is 1.38. The van der Waals surface area contributed by atoms with E-state index in [0.717, 1.165) is 6.20 Å². The Kier molecular flexibility index (Phi) is 2.69. The van der Waals surface area contributed by atoms with E-state index < -0.39 is 17.3 Å². The molecule has 0 aliphatic rings. The van der Waals surface area contributed by atoms with Gasteiger partial charge >= 0.3 is 6.18 Å². The first-order valence-electron chi connectivity index (χ1n) is 3.95. The number of alkyl halides is 3. The summed E-state index contributed by atoms with van der Waals surface area (Å²) in [6, 6.07) is 0. The van der Waals surface area contributed by atoms with Crippen LogP contribution in [0.3, 0.4) is 0 Å². The normalized spacial score (nSPS) is 13.4. The Morgan fingerprint density at radius 3 is 2.00 bits per heavy atom. The van der Waals surface area contributed by atoms with Crippen LogP contribution >= 0.6 is 15.9 Å². The predicted molar refractivity (Wildman–Crippen MR) is 49.9 cm³/mol. The van der Waals surface area contributed by atoms with E-state index in [1.165, 1.54) is 4.68 Å². The molecule has 1 heterocycles. The third kappa shape index (κ3) is 2.29. The Morgan fingerprint density at radius 1 is 1.29 bits per heavy atom. The molecule has 0 radical (unpaired) electrons. The van der Waals surface area contributed by atoms with E-state index in [-0.39, 0.29) is 4.60 Å².